The molecular formula is C8H18NO3P. The molecule has 1 fully saturated rings. The molecule has 2 atom stereocenters. The van der Waals surface area contributed by atoms with E-state index < -0.39 is 7.75 Å². The van der Waals surface area contributed by atoms with Gasteiger partial charge in [0.2, 0.25) is 0 Å². The Morgan fingerprint density at radius 1 is 1.31 bits per heavy atom. The van der Waals surface area contributed by atoms with E-state index in [2.05, 4.69) is 6.92 Å². The van der Waals surface area contributed by atoms with Crippen LogP contribution in [0.15, 0.2) is 0 Å². The second-order valence-corrected chi connectivity index (χ2v) is 4.96. The van der Waals surface area contributed by atoms with E-state index in [1.54, 1.807) is 0 Å². The lowest BCUT2D eigenvalue weighted by Crippen LogP contribution is -2.06. The largest absolute Gasteiger partial charge is 0.408 e. The maximum atomic E-state index is 12.0. The summed E-state index contributed by atoms with van der Waals surface area (Å²) in [6.07, 6.45) is 1.00. The second kappa shape index (κ2) is 4.56. The first-order valence-electron chi connectivity index (χ1n) is 4.84. The summed E-state index contributed by atoms with van der Waals surface area (Å²) in [7, 11) is -2.92. The van der Waals surface area contributed by atoms with Crippen molar-refractivity contribution in [2.24, 2.45) is 0 Å². The minimum Gasteiger partial charge on any atom is -0.297 e. The van der Waals surface area contributed by atoms with Crippen LogP contribution in [0.2, 0.25) is 0 Å². The zero-order valence-electron chi connectivity index (χ0n) is 8.52. The lowest BCUT2D eigenvalue weighted by Gasteiger charge is -2.17. The van der Waals surface area contributed by atoms with Crippen molar-refractivity contribution in [1.82, 2.24) is 4.67 Å². The minimum atomic E-state index is -2.92. The van der Waals surface area contributed by atoms with Gasteiger partial charge in [0.05, 0.1) is 13.2 Å². The van der Waals surface area contributed by atoms with Gasteiger partial charge in [-0.25, -0.2) is 9.24 Å². The zero-order valence-corrected chi connectivity index (χ0v) is 9.42. The van der Waals surface area contributed by atoms with Crippen molar-refractivity contribution in [3.63, 3.8) is 0 Å². The number of nitrogens with zero attached hydrogens (tertiary/aromatic N) is 1. The van der Waals surface area contributed by atoms with Gasteiger partial charge in [0.15, 0.2) is 0 Å². The van der Waals surface area contributed by atoms with Gasteiger partial charge < -0.3 is 0 Å². The van der Waals surface area contributed by atoms with Crippen molar-refractivity contribution < 1.29 is 13.6 Å². The zero-order chi connectivity index (χ0) is 9.90. The summed E-state index contributed by atoms with van der Waals surface area (Å²) < 4.78 is 24.2. The van der Waals surface area contributed by atoms with E-state index in [-0.39, 0.29) is 0 Å². The van der Waals surface area contributed by atoms with Crippen LogP contribution in [0, 0.1) is 0 Å². The average molecular weight is 207 g/mol. The third-order valence-corrected chi connectivity index (χ3v) is 4.34. The van der Waals surface area contributed by atoms with Crippen LogP contribution in [0.25, 0.3) is 0 Å². The molecule has 78 valence electrons. The smallest absolute Gasteiger partial charge is 0.297 e. The number of hydrogen-bond acceptors (Lipinski definition) is 3. The van der Waals surface area contributed by atoms with Crippen molar-refractivity contribution in [3.05, 3.63) is 0 Å². The van der Waals surface area contributed by atoms with Crippen LogP contribution in [0.1, 0.15) is 27.2 Å². The maximum Gasteiger partial charge on any atom is 0.408 e. The molecule has 1 rings (SSSR count). The predicted octanol–water partition coefficient (Wildman–Crippen LogP) is 2.26. The normalized spacial score (nSPS) is 27.6. The van der Waals surface area contributed by atoms with Crippen molar-refractivity contribution in [3.8, 4) is 0 Å². The molecule has 0 saturated carbocycles. The Bertz CT molecular complexity index is 200. The Labute approximate surface area is 79.8 Å². The van der Waals surface area contributed by atoms with Gasteiger partial charge >= 0.3 is 7.75 Å². The van der Waals surface area contributed by atoms with Crippen LogP contribution in [-0.4, -0.2) is 30.5 Å². The van der Waals surface area contributed by atoms with E-state index >= 15 is 0 Å². The Kier molecular flexibility index (Phi) is 3.92. The monoisotopic (exact) mass is 207 g/mol. The van der Waals surface area contributed by atoms with Crippen molar-refractivity contribution in [1.29, 1.82) is 0 Å². The lowest BCUT2D eigenvalue weighted by molar-refractivity contribution is 0.194. The van der Waals surface area contributed by atoms with Crippen LogP contribution in [0.5, 0.6) is 0 Å². The Morgan fingerprint density at radius 2 is 1.85 bits per heavy atom. The molecular weight excluding hydrogens is 189 g/mol. The molecule has 0 bridgehead atoms. The van der Waals surface area contributed by atoms with E-state index in [0.29, 0.717) is 19.3 Å². The number of rotatable bonds is 6. The summed E-state index contributed by atoms with van der Waals surface area (Å²) in [6.45, 7) is 7.45. The van der Waals surface area contributed by atoms with E-state index in [4.69, 9.17) is 9.05 Å². The first kappa shape index (κ1) is 11.2. The molecule has 0 aliphatic carbocycles. The van der Waals surface area contributed by atoms with Gasteiger partial charge in [-0.2, -0.15) is 0 Å². The highest BCUT2D eigenvalue weighted by molar-refractivity contribution is 7.51. The van der Waals surface area contributed by atoms with Crippen molar-refractivity contribution in [2.45, 2.75) is 33.2 Å². The summed E-state index contributed by atoms with van der Waals surface area (Å²) >= 11 is 0. The van der Waals surface area contributed by atoms with Crippen LogP contribution in [0.4, 0.5) is 0 Å². The van der Waals surface area contributed by atoms with Crippen LogP contribution in [0.3, 0.4) is 0 Å². The van der Waals surface area contributed by atoms with E-state index in [9.17, 15) is 4.57 Å². The van der Waals surface area contributed by atoms with Gasteiger partial charge in [0, 0.05) is 12.6 Å². The summed E-state index contributed by atoms with van der Waals surface area (Å²) in [5, 5.41) is 0. The molecule has 0 N–H and O–H groups in total. The minimum absolute atomic E-state index is 0.393. The average Bonchev–Trinajstić information content (AvgIpc) is 2.84. The van der Waals surface area contributed by atoms with Gasteiger partial charge in [-0.3, -0.25) is 9.05 Å². The first-order valence-corrected chi connectivity index (χ1v) is 6.33. The van der Waals surface area contributed by atoms with Gasteiger partial charge in [-0.15, -0.1) is 0 Å². The molecule has 0 aromatic carbocycles. The maximum absolute atomic E-state index is 12.0. The van der Waals surface area contributed by atoms with Crippen molar-refractivity contribution >= 4 is 7.75 Å². The molecule has 0 spiro atoms. The van der Waals surface area contributed by atoms with Crippen molar-refractivity contribution in [2.75, 3.05) is 19.8 Å². The lowest BCUT2D eigenvalue weighted by atomic mass is 10.4. The van der Waals surface area contributed by atoms with Gasteiger partial charge in [-0.1, -0.05) is 6.92 Å². The molecule has 1 heterocycles. The quantitative estimate of drug-likeness (QED) is 0.494. The fourth-order valence-corrected chi connectivity index (χ4v) is 3.30. The molecule has 4 nitrogen and oxygen atoms in total. The Balaban J connectivity index is 2.53. The third kappa shape index (κ3) is 2.53. The second-order valence-electron chi connectivity index (χ2n) is 2.99. The third-order valence-electron chi connectivity index (χ3n) is 2.06. The number of hydrogen-bond donors (Lipinski definition) is 0. The van der Waals surface area contributed by atoms with Gasteiger partial charge in [-0.05, 0) is 20.3 Å². The molecule has 0 aromatic heterocycles. The molecule has 0 aromatic rings. The fraction of sp³-hybridized carbons (Fsp3) is 1.00. The molecule has 5 heteroatoms. The van der Waals surface area contributed by atoms with Crippen LogP contribution < -0.4 is 0 Å². The molecule has 0 amide bonds. The van der Waals surface area contributed by atoms with Crippen LogP contribution in [-0.2, 0) is 13.6 Å². The molecule has 1 saturated heterocycles. The van der Waals surface area contributed by atoms with E-state index in [0.717, 1.165) is 13.0 Å². The molecule has 0 radical (unpaired) electrons. The summed E-state index contributed by atoms with van der Waals surface area (Å²) in [4.78, 5) is 0. The van der Waals surface area contributed by atoms with E-state index in [1.807, 2.05) is 18.5 Å². The highest BCUT2D eigenvalue weighted by atomic mass is 31.2. The van der Waals surface area contributed by atoms with Gasteiger partial charge in [0.25, 0.3) is 0 Å². The highest BCUT2D eigenvalue weighted by Gasteiger charge is 2.48. The topological polar surface area (TPSA) is 38.5 Å². The Morgan fingerprint density at radius 3 is 2.15 bits per heavy atom. The Hall–Kier alpha value is 0.110. The summed E-state index contributed by atoms with van der Waals surface area (Å²) in [5.74, 6) is 0. The molecule has 1 aliphatic heterocycles. The standard InChI is InChI=1S/C8H18NO3P/c1-4-8-7-9(8)13(10,11-5-2)12-6-3/h8H,4-7H2,1-3H3/t8-,9?/m0/s1. The summed E-state index contributed by atoms with van der Waals surface area (Å²) in [6, 6.07) is 0.393. The molecule has 1 aliphatic rings. The molecule has 13 heavy (non-hydrogen) atoms. The highest BCUT2D eigenvalue weighted by Crippen LogP contribution is 2.58. The summed E-state index contributed by atoms with van der Waals surface area (Å²) in [5.41, 5.74) is 0. The SMILES string of the molecule is CCOP(=O)(OCC)N1C[C@@H]1CC. The predicted molar refractivity (Wildman–Crippen MR) is 51.6 cm³/mol. The van der Waals surface area contributed by atoms with Gasteiger partial charge in [0.1, 0.15) is 0 Å². The fourth-order valence-electron chi connectivity index (χ4n) is 1.32. The first-order chi connectivity index (χ1) is 6.18. The van der Waals surface area contributed by atoms with E-state index in [1.165, 1.54) is 0 Å². The van der Waals surface area contributed by atoms with Crippen LogP contribution >= 0.6 is 7.75 Å². The molecule has 1 unspecified atom stereocenters.